The third kappa shape index (κ3) is 2.89. The van der Waals surface area contributed by atoms with Crippen LogP contribution in [-0.2, 0) is 6.54 Å². The van der Waals surface area contributed by atoms with Crippen LogP contribution in [0.3, 0.4) is 0 Å². The van der Waals surface area contributed by atoms with Gasteiger partial charge in [0, 0.05) is 25.8 Å². The molecule has 0 fully saturated rings. The van der Waals surface area contributed by atoms with Gasteiger partial charge in [0.1, 0.15) is 0 Å². The highest BCUT2D eigenvalue weighted by atomic mass is 32.1. The van der Waals surface area contributed by atoms with Gasteiger partial charge in [0.15, 0.2) is 4.77 Å². The fraction of sp³-hybridized carbons (Fsp3) is 0.333. The van der Waals surface area contributed by atoms with Gasteiger partial charge in [-0.05, 0) is 30.8 Å². The summed E-state index contributed by atoms with van der Waals surface area (Å²) in [5.41, 5.74) is 6.92. The van der Waals surface area contributed by atoms with Gasteiger partial charge < -0.3 is 10.6 Å². The van der Waals surface area contributed by atoms with Gasteiger partial charge in [-0.1, -0.05) is 18.2 Å². The van der Waals surface area contributed by atoms with E-state index >= 15 is 0 Å². The molecule has 0 saturated heterocycles. The molecular weight excluding hydrogens is 246 g/mol. The summed E-state index contributed by atoms with van der Waals surface area (Å²) in [4.78, 5) is 2.21. The van der Waals surface area contributed by atoms with E-state index in [4.69, 9.17) is 18.0 Å². The molecule has 0 amide bonds. The first kappa shape index (κ1) is 12.6. The van der Waals surface area contributed by atoms with Crippen molar-refractivity contribution < 1.29 is 0 Å². The molecule has 1 heterocycles. The molecule has 2 rings (SSSR count). The van der Waals surface area contributed by atoms with E-state index in [1.54, 1.807) is 0 Å². The quantitative estimate of drug-likeness (QED) is 0.810. The zero-order chi connectivity index (χ0) is 13.0. The Kier molecular flexibility index (Phi) is 3.99. The van der Waals surface area contributed by atoms with Crippen molar-refractivity contribution in [1.82, 2.24) is 14.8 Å². The average molecular weight is 263 g/mol. The molecule has 5 nitrogen and oxygen atoms in total. The molecule has 2 aromatic rings. The molecule has 96 valence electrons. The van der Waals surface area contributed by atoms with Crippen molar-refractivity contribution in [3.8, 4) is 0 Å². The molecule has 1 aromatic carbocycles. The Morgan fingerprint density at radius 2 is 2.11 bits per heavy atom. The normalized spacial score (nSPS) is 10.5. The van der Waals surface area contributed by atoms with Crippen LogP contribution in [-0.4, -0.2) is 28.4 Å². The molecule has 0 aliphatic carbocycles. The fourth-order valence-corrected chi connectivity index (χ4v) is 2.05. The Hall–Kier alpha value is -1.82. The minimum atomic E-state index is 0.447. The van der Waals surface area contributed by atoms with Crippen LogP contribution in [0, 0.1) is 4.77 Å². The van der Waals surface area contributed by atoms with Crippen molar-refractivity contribution in [3.05, 3.63) is 35.1 Å². The van der Waals surface area contributed by atoms with Crippen LogP contribution in [0.2, 0.25) is 0 Å². The molecule has 0 bridgehead atoms. The minimum Gasteiger partial charge on any atom is -0.375 e. The molecule has 18 heavy (non-hydrogen) atoms. The number of aromatic amines is 1. The van der Waals surface area contributed by atoms with E-state index in [1.807, 2.05) is 22.8 Å². The van der Waals surface area contributed by atoms with Crippen molar-refractivity contribution in [1.29, 1.82) is 0 Å². The number of benzene rings is 1. The summed E-state index contributed by atoms with van der Waals surface area (Å²) in [6.45, 7) is 1.72. The number of anilines is 2. The van der Waals surface area contributed by atoms with Crippen LogP contribution in [0.15, 0.2) is 30.3 Å². The number of aromatic nitrogens is 3. The first-order valence-corrected chi connectivity index (χ1v) is 6.26. The second kappa shape index (κ2) is 5.68. The third-order valence-corrected chi connectivity index (χ3v) is 3.17. The number of H-pyrrole nitrogens is 1. The predicted octanol–water partition coefficient (Wildman–Crippen LogP) is 2.05. The highest BCUT2D eigenvalue weighted by molar-refractivity contribution is 7.71. The van der Waals surface area contributed by atoms with Crippen LogP contribution in [0.5, 0.6) is 0 Å². The standard InChI is InChI=1S/C12H17N5S/c1-16(10-6-3-2-4-7-10)8-5-9-17-11(13)14-15-12(17)18/h2-4,6-7H,5,8-9H2,1H3,(H2,13,14)(H,15,18). The van der Waals surface area contributed by atoms with Crippen LogP contribution >= 0.6 is 12.2 Å². The monoisotopic (exact) mass is 263 g/mol. The summed E-state index contributed by atoms with van der Waals surface area (Å²) >= 11 is 5.10. The summed E-state index contributed by atoms with van der Waals surface area (Å²) < 4.78 is 2.39. The second-order valence-electron chi connectivity index (χ2n) is 4.15. The smallest absolute Gasteiger partial charge is 0.220 e. The Labute approximate surface area is 111 Å². The summed E-state index contributed by atoms with van der Waals surface area (Å²) in [6, 6.07) is 10.3. The Morgan fingerprint density at radius 1 is 1.39 bits per heavy atom. The summed E-state index contributed by atoms with van der Waals surface area (Å²) in [5, 5.41) is 6.57. The van der Waals surface area contributed by atoms with Crippen molar-refractivity contribution in [2.24, 2.45) is 0 Å². The molecule has 0 radical (unpaired) electrons. The molecule has 0 unspecified atom stereocenters. The Bertz CT molecular complexity index is 545. The zero-order valence-electron chi connectivity index (χ0n) is 10.3. The number of nitrogens with two attached hydrogens (primary N) is 1. The lowest BCUT2D eigenvalue weighted by Gasteiger charge is -2.19. The summed E-state index contributed by atoms with van der Waals surface area (Å²) in [5.74, 6) is 0.447. The maximum Gasteiger partial charge on any atom is 0.220 e. The fourth-order valence-electron chi connectivity index (χ4n) is 1.82. The lowest BCUT2D eigenvalue weighted by molar-refractivity contribution is 0.637. The van der Waals surface area contributed by atoms with Gasteiger partial charge in [0.2, 0.25) is 5.95 Å². The minimum absolute atomic E-state index is 0.447. The molecule has 0 aliphatic rings. The molecule has 0 atom stereocenters. The summed E-state index contributed by atoms with van der Waals surface area (Å²) in [6.07, 6.45) is 0.962. The van der Waals surface area contributed by atoms with E-state index in [1.165, 1.54) is 5.69 Å². The SMILES string of the molecule is CN(CCCn1c(N)n[nH]c1=S)c1ccccc1. The van der Waals surface area contributed by atoms with Gasteiger partial charge in [-0.2, -0.15) is 0 Å². The Morgan fingerprint density at radius 3 is 2.72 bits per heavy atom. The number of nitrogens with one attached hydrogen (secondary N) is 1. The van der Waals surface area contributed by atoms with E-state index in [0.717, 1.165) is 19.5 Å². The van der Waals surface area contributed by atoms with Crippen molar-refractivity contribution in [3.63, 3.8) is 0 Å². The molecule has 3 N–H and O–H groups in total. The van der Waals surface area contributed by atoms with Gasteiger partial charge >= 0.3 is 0 Å². The number of rotatable bonds is 5. The van der Waals surface area contributed by atoms with Gasteiger partial charge in [0.25, 0.3) is 0 Å². The highest BCUT2D eigenvalue weighted by Crippen LogP contribution is 2.11. The topological polar surface area (TPSA) is 62.9 Å². The summed E-state index contributed by atoms with van der Waals surface area (Å²) in [7, 11) is 2.08. The first-order chi connectivity index (χ1) is 8.68. The van der Waals surface area contributed by atoms with Gasteiger partial charge in [-0.25, -0.2) is 5.10 Å². The molecule has 0 spiro atoms. The van der Waals surface area contributed by atoms with E-state index in [-0.39, 0.29) is 0 Å². The number of para-hydroxylation sites is 1. The lowest BCUT2D eigenvalue weighted by atomic mass is 10.3. The predicted molar refractivity (Wildman–Crippen MR) is 76.2 cm³/mol. The van der Waals surface area contributed by atoms with Gasteiger partial charge in [-0.3, -0.25) is 4.57 Å². The maximum atomic E-state index is 5.71. The molecular formula is C12H17N5S. The van der Waals surface area contributed by atoms with Crippen molar-refractivity contribution >= 4 is 23.9 Å². The van der Waals surface area contributed by atoms with Crippen LogP contribution in [0.1, 0.15) is 6.42 Å². The maximum absolute atomic E-state index is 5.71. The van der Waals surface area contributed by atoms with Crippen LogP contribution in [0.25, 0.3) is 0 Å². The number of hydrogen-bond donors (Lipinski definition) is 2. The van der Waals surface area contributed by atoms with Crippen molar-refractivity contribution in [2.45, 2.75) is 13.0 Å². The Balaban J connectivity index is 1.88. The van der Waals surface area contributed by atoms with Gasteiger partial charge in [0.05, 0.1) is 0 Å². The second-order valence-corrected chi connectivity index (χ2v) is 4.54. The van der Waals surface area contributed by atoms with E-state index < -0.39 is 0 Å². The van der Waals surface area contributed by atoms with Gasteiger partial charge in [-0.15, -0.1) is 5.10 Å². The largest absolute Gasteiger partial charge is 0.375 e. The van der Waals surface area contributed by atoms with Crippen LogP contribution in [0.4, 0.5) is 11.6 Å². The number of hydrogen-bond acceptors (Lipinski definition) is 4. The van der Waals surface area contributed by atoms with E-state index in [2.05, 4.69) is 34.3 Å². The van der Waals surface area contributed by atoms with E-state index in [9.17, 15) is 0 Å². The zero-order valence-corrected chi connectivity index (χ0v) is 11.2. The third-order valence-electron chi connectivity index (χ3n) is 2.86. The number of nitrogen functional groups attached to an aromatic ring is 1. The first-order valence-electron chi connectivity index (χ1n) is 5.85. The lowest BCUT2D eigenvalue weighted by Crippen LogP contribution is -2.20. The van der Waals surface area contributed by atoms with Crippen LogP contribution < -0.4 is 10.6 Å². The number of nitrogens with zero attached hydrogens (tertiary/aromatic N) is 3. The van der Waals surface area contributed by atoms with Crippen molar-refractivity contribution in [2.75, 3.05) is 24.2 Å². The molecule has 0 saturated carbocycles. The average Bonchev–Trinajstić information content (AvgIpc) is 2.71. The molecule has 1 aromatic heterocycles. The van der Waals surface area contributed by atoms with E-state index in [0.29, 0.717) is 10.7 Å². The highest BCUT2D eigenvalue weighted by Gasteiger charge is 2.03. The molecule has 0 aliphatic heterocycles. The molecule has 6 heteroatoms.